The van der Waals surface area contributed by atoms with E-state index in [-0.39, 0.29) is 18.2 Å². The number of rotatable bonds is 12. The molecule has 11 heteroatoms. The number of nitrogens with zero attached hydrogens (tertiary/aromatic N) is 1. The molecule has 0 saturated heterocycles. The highest BCUT2D eigenvalue weighted by Gasteiger charge is 2.30. The molecule has 3 N–H and O–H groups in total. The minimum Gasteiger partial charge on any atom is -0.462 e. The molecule has 5 rings (SSSR count). The third-order valence-corrected chi connectivity index (χ3v) is 10.5. The number of benzene rings is 3. The number of thioether (sulfide) groups is 1. The number of esters is 1. The maximum Gasteiger partial charge on any atom is 0.341 e. The van der Waals surface area contributed by atoms with Crippen LogP contribution in [0.3, 0.4) is 0 Å². The Balaban J connectivity index is 1.30. The van der Waals surface area contributed by atoms with Gasteiger partial charge in [-0.3, -0.25) is 14.4 Å². The molecule has 0 radical (unpaired) electrons. The van der Waals surface area contributed by atoms with Gasteiger partial charge in [0.15, 0.2) is 0 Å². The van der Waals surface area contributed by atoms with Crippen molar-refractivity contribution in [2.75, 3.05) is 36.2 Å². The van der Waals surface area contributed by atoms with E-state index in [2.05, 4.69) is 22.9 Å². The summed E-state index contributed by atoms with van der Waals surface area (Å²) >= 11 is 2.79. The van der Waals surface area contributed by atoms with E-state index in [1.54, 1.807) is 62.4 Å². The highest BCUT2D eigenvalue weighted by atomic mass is 32.2. The predicted molar refractivity (Wildman–Crippen MR) is 203 cm³/mol. The number of hydrogen-bond donors (Lipinski definition) is 3. The molecule has 1 aromatic heterocycles. The molecular weight excluding hydrogens is 669 g/mol. The molecule has 0 bridgehead atoms. The third-order valence-electron chi connectivity index (χ3n) is 8.25. The Hall–Kier alpha value is -4.87. The zero-order chi connectivity index (χ0) is 35.8. The summed E-state index contributed by atoms with van der Waals surface area (Å²) in [4.78, 5) is 56.9. The highest BCUT2D eigenvalue weighted by Crippen LogP contribution is 2.40. The van der Waals surface area contributed by atoms with E-state index >= 15 is 0 Å². The molecule has 2 atom stereocenters. The first kappa shape index (κ1) is 36.4. The number of fused-ring (bicyclic) bond motifs is 1. The molecule has 1 aliphatic rings. The van der Waals surface area contributed by atoms with Gasteiger partial charge in [0.05, 0.1) is 17.4 Å². The zero-order valence-electron chi connectivity index (χ0n) is 28.9. The average molecular weight is 711 g/mol. The van der Waals surface area contributed by atoms with Crippen molar-refractivity contribution in [1.82, 2.24) is 5.32 Å². The average Bonchev–Trinajstić information content (AvgIpc) is 3.45. The van der Waals surface area contributed by atoms with E-state index in [0.717, 1.165) is 45.8 Å². The van der Waals surface area contributed by atoms with Crippen LogP contribution in [0.25, 0.3) is 6.08 Å². The number of carbonyl (C=O) groups is 4. The van der Waals surface area contributed by atoms with Gasteiger partial charge in [-0.1, -0.05) is 43.3 Å². The van der Waals surface area contributed by atoms with Crippen LogP contribution in [-0.4, -0.2) is 49.6 Å². The van der Waals surface area contributed by atoms with Gasteiger partial charge in [0.2, 0.25) is 5.91 Å². The lowest BCUT2D eigenvalue weighted by Gasteiger charge is -2.18. The largest absolute Gasteiger partial charge is 0.462 e. The van der Waals surface area contributed by atoms with Crippen LogP contribution < -0.4 is 20.9 Å². The number of carbonyl (C=O) groups excluding carboxylic acids is 4. The van der Waals surface area contributed by atoms with Gasteiger partial charge in [-0.05, 0) is 98.7 Å². The molecule has 3 aromatic carbocycles. The molecule has 4 aromatic rings. The Bertz CT molecular complexity index is 1890. The van der Waals surface area contributed by atoms with Gasteiger partial charge in [-0.25, -0.2) is 4.79 Å². The minimum absolute atomic E-state index is 0.0766. The summed E-state index contributed by atoms with van der Waals surface area (Å²) in [5.41, 5.74) is 4.21. The van der Waals surface area contributed by atoms with Crippen LogP contribution in [0.5, 0.6) is 0 Å². The van der Waals surface area contributed by atoms with Gasteiger partial charge < -0.3 is 25.6 Å². The smallest absolute Gasteiger partial charge is 0.341 e. The molecule has 1 aliphatic carbocycles. The lowest BCUT2D eigenvalue weighted by Crippen LogP contribution is -2.30. The number of hydrogen-bond acceptors (Lipinski definition) is 8. The summed E-state index contributed by atoms with van der Waals surface area (Å²) in [6.07, 6.45) is 4.29. The Kier molecular flexibility index (Phi) is 12.2. The highest BCUT2D eigenvalue weighted by molar-refractivity contribution is 8.00. The molecule has 0 saturated carbocycles. The van der Waals surface area contributed by atoms with Crippen molar-refractivity contribution in [3.8, 4) is 0 Å². The fourth-order valence-electron chi connectivity index (χ4n) is 5.55. The number of anilines is 3. The topological polar surface area (TPSA) is 117 Å². The van der Waals surface area contributed by atoms with Crippen LogP contribution in [-0.2, 0) is 27.2 Å². The van der Waals surface area contributed by atoms with Crippen molar-refractivity contribution in [3.05, 3.63) is 112 Å². The van der Waals surface area contributed by atoms with Gasteiger partial charge in [0, 0.05) is 40.8 Å². The number of nitrogens with one attached hydrogen (secondary N) is 3. The second kappa shape index (κ2) is 16.7. The Labute approximate surface area is 301 Å². The van der Waals surface area contributed by atoms with Crippen molar-refractivity contribution in [2.24, 2.45) is 5.92 Å². The Morgan fingerprint density at radius 3 is 2.44 bits per heavy atom. The van der Waals surface area contributed by atoms with E-state index in [1.807, 2.05) is 55.4 Å². The van der Waals surface area contributed by atoms with E-state index in [0.29, 0.717) is 27.7 Å². The molecule has 0 spiro atoms. The van der Waals surface area contributed by atoms with E-state index in [1.165, 1.54) is 23.1 Å². The quantitative estimate of drug-likeness (QED) is 0.0786. The molecule has 9 nitrogen and oxygen atoms in total. The lowest BCUT2D eigenvalue weighted by molar-refractivity contribution is -0.115. The molecule has 2 unspecified atom stereocenters. The predicted octanol–water partition coefficient (Wildman–Crippen LogP) is 7.64. The normalized spacial score (nSPS) is 14.6. The number of thiophene rings is 1. The number of ether oxygens (including phenoxy) is 1. The molecule has 260 valence electrons. The maximum atomic E-state index is 13.6. The molecule has 0 aliphatic heterocycles. The zero-order valence-corrected chi connectivity index (χ0v) is 30.5. The van der Waals surface area contributed by atoms with E-state index in [4.69, 9.17) is 4.74 Å². The van der Waals surface area contributed by atoms with Crippen molar-refractivity contribution in [2.45, 2.75) is 50.2 Å². The molecule has 3 amide bonds. The second-order valence-electron chi connectivity index (χ2n) is 12.4. The van der Waals surface area contributed by atoms with Crippen molar-refractivity contribution in [1.29, 1.82) is 0 Å². The second-order valence-corrected chi connectivity index (χ2v) is 14.9. The van der Waals surface area contributed by atoms with Crippen molar-refractivity contribution < 1.29 is 23.9 Å². The molecule has 0 fully saturated rings. The van der Waals surface area contributed by atoms with Crippen molar-refractivity contribution in [3.63, 3.8) is 0 Å². The molecular formula is C39H42N4O5S2. The monoisotopic (exact) mass is 710 g/mol. The first-order chi connectivity index (χ1) is 24.0. The van der Waals surface area contributed by atoms with Gasteiger partial charge >= 0.3 is 5.97 Å². The third kappa shape index (κ3) is 9.22. The fourth-order valence-corrected chi connectivity index (χ4v) is 7.88. The summed E-state index contributed by atoms with van der Waals surface area (Å²) in [7, 11) is 3.89. The first-order valence-electron chi connectivity index (χ1n) is 16.6. The first-order valence-corrected chi connectivity index (χ1v) is 18.3. The maximum absolute atomic E-state index is 13.6. The molecule has 1 heterocycles. The van der Waals surface area contributed by atoms with Crippen molar-refractivity contribution >= 4 is 69.2 Å². The van der Waals surface area contributed by atoms with Crippen LogP contribution in [0.15, 0.2) is 89.5 Å². The standard InChI is InChI=1S/C39H42N4O5S2/c1-6-48-39(47)34-31-20-15-24(2)21-33(31)50-38(34)42-35(44)25(3)49-30-14-10-13-28(23-30)40-37(46)32(41-36(45)27-11-8-7-9-12-27)22-26-16-18-29(19-17-26)43(4)5/h7-14,16-19,22-25H,6,15,20-21H2,1-5H3,(H,40,46)(H,41,45)(H,42,44)/b32-22+. The van der Waals surface area contributed by atoms with Gasteiger partial charge in [-0.15, -0.1) is 23.1 Å². The Morgan fingerprint density at radius 1 is 1.00 bits per heavy atom. The summed E-state index contributed by atoms with van der Waals surface area (Å²) in [6.45, 7) is 6.02. The van der Waals surface area contributed by atoms with Gasteiger partial charge in [0.1, 0.15) is 10.7 Å². The molecule has 50 heavy (non-hydrogen) atoms. The van der Waals surface area contributed by atoms with Gasteiger partial charge in [0.25, 0.3) is 11.8 Å². The summed E-state index contributed by atoms with van der Waals surface area (Å²) in [6, 6.07) is 23.5. The van der Waals surface area contributed by atoms with Crippen LogP contribution in [0.4, 0.5) is 16.4 Å². The van der Waals surface area contributed by atoms with E-state index < -0.39 is 23.0 Å². The van der Waals surface area contributed by atoms with E-state index in [9.17, 15) is 19.2 Å². The van der Waals surface area contributed by atoms with Crippen LogP contribution in [0, 0.1) is 5.92 Å². The van der Waals surface area contributed by atoms with Gasteiger partial charge in [-0.2, -0.15) is 0 Å². The Morgan fingerprint density at radius 2 is 1.74 bits per heavy atom. The van der Waals surface area contributed by atoms with Crippen LogP contribution in [0.1, 0.15) is 63.9 Å². The summed E-state index contributed by atoms with van der Waals surface area (Å²) in [5.74, 6) is -1.04. The minimum atomic E-state index is -0.514. The van der Waals surface area contributed by atoms with Crippen LogP contribution >= 0.6 is 23.1 Å². The summed E-state index contributed by atoms with van der Waals surface area (Å²) in [5, 5.41) is 8.70. The number of amides is 3. The summed E-state index contributed by atoms with van der Waals surface area (Å²) < 4.78 is 5.36. The fraction of sp³-hybridized carbons (Fsp3) is 0.282. The SMILES string of the molecule is CCOC(=O)c1c(NC(=O)C(C)Sc2cccc(NC(=O)/C(=C\c3ccc(N(C)C)cc3)NC(=O)c3ccccc3)c2)sc2c1CCC(C)C2. The lowest BCUT2D eigenvalue weighted by atomic mass is 9.88. The van der Waals surface area contributed by atoms with Crippen LogP contribution in [0.2, 0.25) is 0 Å².